The van der Waals surface area contributed by atoms with Crippen molar-refractivity contribution in [1.29, 1.82) is 0 Å². The van der Waals surface area contributed by atoms with Crippen LogP contribution in [0.4, 0.5) is 18.9 Å². The number of nitrogens with zero attached hydrogens (tertiary/aromatic N) is 2. The molecule has 3 rings (SSSR count). The molecule has 162 valence electrons. The molecule has 1 amide bonds. The number of alkyl halides is 3. The number of rotatable bonds is 5. The van der Waals surface area contributed by atoms with E-state index < -0.39 is 12.0 Å². The number of hydrogen-bond acceptors (Lipinski definition) is 4. The van der Waals surface area contributed by atoms with Crippen molar-refractivity contribution in [3.63, 3.8) is 0 Å². The Morgan fingerprint density at radius 3 is 2.28 bits per heavy atom. The van der Waals surface area contributed by atoms with Gasteiger partial charge in [0, 0.05) is 31.9 Å². The average molecular weight is 414 g/mol. The molecule has 0 aromatic heterocycles. The number of carbonyl (C=O) groups excluding carboxylic acids is 1. The SMILES string of the molecule is CCC(C)(O)CC(=O)N1CCC2(CC1)CCN(c1ccc(OC(F)(F)F)cc1)C2. The van der Waals surface area contributed by atoms with Gasteiger partial charge in [0.1, 0.15) is 5.75 Å². The van der Waals surface area contributed by atoms with Crippen LogP contribution in [0.2, 0.25) is 0 Å². The molecule has 2 fully saturated rings. The van der Waals surface area contributed by atoms with Gasteiger partial charge < -0.3 is 19.6 Å². The van der Waals surface area contributed by atoms with E-state index >= 15 is 0 Å². The molecule has 8 heteroatoms. The van der Waals surface area contributed by atoms with Gasteiger partial charge in [0.05, 0.1) is 12.0 Å². The second kappa shape index (κ2) is 8.05. The highest BCUT2D eigenvalue weighted by Gasteiger charge is 2.42. The Bertz CT molecular complexity index is 711. The summed E-state index contributed by atoms with van der Waals surface area (Å²) < 4.78 is 40.9. The number of amides is 1. The first-order chi connectivity index (χ1) is 13.5. The fraction of sp³-hybridized carbons (Fsp3) is 0.667. The lowest BCUT2D eigenvalue weighted by atomic mass is 9.77. The lowest BCUT2D eigenvalue weighted by Gasteiger charge is -2.40. The Labute approximate surface area is 169 Å². The molecule has 5 nitrogen and oxygen atoms in total. The fourth-order valence-corrected chi connectivity index (χ4v) is 4.22. The number of hydrogen-bond donors (Lipinski definition) is 1. The molecule has 1 unspecified atom stereocenters. The minimum absolute atomic E-state index is 0.00167. The molecular formula is C21H29F3N2O3. The molecule has 2 saturated heterocycles. The van der Waals surface area contributed by atoms with E-state index in [1.807, 2.05) is 11.8 Å². The highest BCUT2D eigenvalue weighted by molar-refractivity contribution is 5.77. The highest BCUT2D eigenvalue weighted by Crippen LogP contribution is 2.42. The van der Waals surface area contributed by atoms with E-state index in [0.29, 0.717) is 19.5 Å². The first-order valence-electron chi connectivity index (χ1n) is 10.1. The minimum atomic E-state index is -4.69. The van der Waals surface area contributed by atoms with E-state index in [2.05, 4.69) is 9.64 Å². The maximum absolute atomic E-state index is 12.5. The summed E-state index contributed by atoms with van der Waals surface area (Å²) in [7, 11) is 0. The van der Waals surface area contributed by atoms with Gasteiger partial charge in [-0.3, -0.25) is 4.79 Å². The third-order valence-corrected chi connectivity index (χ3v) is 6.34. The summed E-state index contributed by atoms with van der Waals surface area (Å²) in [6.45, 7) is 6.61. The van der Waals surface area contributed by atoms with Gasteiger partial charge >= 0.3 is 6.36 Å². The van der Waals surface area contributed by atoms with Crippen LogP contribution in [0.15, 0.2) is 24.3 Å². The van der Waals surface area contributed by atoms with Crippen molar-refractivity contribution in [2.75, 3.05) is 31.1 Å². The van der Waals surface area contributed by atoms with E-state index in [0.717, 1.165) is 38.0 Å². The average Bonchev–Trinajstić information content (AvgIpc) is 3.05. The topological polar surface area (TPSA) is 53.0 Å². The van der Waals surface area contributed by atoms with Gasteiger partial charge in [-0.25, -0.2) is 0 Å². The van der Waals surface area contributed by atoms with Crippen LogP contribution in [0.25, 0.3) is 0 Å². The van der Waals surface area contributed by atoms with Gasteiger partial charge in [-0.15, -0.1) is 13.2 Å². The standard InChI is InChI=1S/C21H29F3N2O3/c1-3-19(2,28)14-18(27)25-11-8-20(9-12-25)10-13-26(15-20)16-4-6-17(7-5-16)29-21(22,23)24/h4-7,28H,3,8-15H2,1-2H3. The first-order valence-corrected chi connectivity index (χ1v) is 10.1. The van der Waals surface area contributed by atoms with Crippen LogP contribution in [-0.4, -0.2) is 54.1 Å². The molecule has 29 heavy (non-hydrogen) atoms. The molecule has 1 aromatic rings. The second-order valence-corrected chi connectivity index (χ2v) is 8.62. The molecule has 2 aliphatic heterocycles. The van der Waals surface area contributed by atoms with Crippen LogP contribution < -0.4 is 9.64 Å². The van der Waals surface area contributed by atoms with E-state index in [1.165, 1.54) is 12.1 Å². The van der Waals surface area contributed by atoms with Gasteiger partial charge in [0.15, 0.2) is 0 Å². The molecule has 0 saturated carbocycles. The Morgan fingerprint density at radius 2 is 1.72 bits per heavy atom. The summed E-state index contributed by atoms with van der Waals surface area (Å²) in [6.07, 6.45) is -1.19. The molecular weight excluding hydrogens is 385 g/mol. The molecule has 0 radical (unpaired) electrons. The van der Waals surface area contributed by atoms with Crippen LogP contribution in [0.1, 0.15) is 46.0 Å². The summed E-state index contributed by atoms with van der Waals surface area (Å²) in [6, 6.07) is 6.00. The molecule has 2 heterocycles. The zero-order chi connectivity index (χ0) is 21.3. The van der Waals surface area contributed by atoms with Gasteiger partial charge in [0.2, 0.25) is 5.91 Å². The Morgan fingerprint density at radius 1 is 1.14 bits per heavy atom. The maximum atomic E-state index is 12.5. The lowest BCUT2D eigenvalue weighted by molar-refractivity contribution is -0.274. The number of carbonyl (C=O) groups is 1. The number of aliphatic hydroxyl groups is 1. The Hall–Kier alpha value is -1.96. The Balaban J connectivity index is 1.54. The normalized spacial score (nSPS) is 21.3. The summed E-state index contributed by atoms with van der Waals surface area (Å²) in [5.74, 6) is -0.216. The molecule has 1 spiro atoms. The summed E-state index contributed by atoms with van der Waals surface area (Å²) in [5.41, 5.74) is 0.0534. The molecule has 1 N–H and O–H groups in total. The number of benzene rings is 1. The van der Waals surface area contributed by atoms with Gasteiger partial charge in [0.25, 0.3) is 0 Å². The van der Waals surface area contributed by atoms with Crippen LogP contribution >= 0.6 is 0 Å². The van der Waals surface area contributed by atoms with Crippen molar-refractivity contribution >= 4 is 11.6 Å². The third kappa shape index (κ3) is 5.56. The van der Waals surface area contributed by atoms with Crippen molar-refractivity contribution in [3.05, 3.63) is 24.3 Å². The van der Waals surface area contributed by atoms with E-state index in [9.17, 15) is 23.1 Å². The van der Waals surface area contributed by atoms with Crippen molar-refractivity contribution < 1.29 is 27.8 Å². The van der Waals surface area contributed by atoms with E-state index in [4.69, 9.17) is 0 Å². The van der Waals surface area contributed by atoms with Crippen LogP contribution in [0, 0.1) is 5.41 Å². The smallest absolute Gasteiger partial charge is 0.406 e. The predicted molar refractivity (Wildman–Crippen MR) is 104 cm³/mol. The van der Waals surface area contributed by atoms with Crippen molar-refractivity contribution in [2.24, 2.45) is 5.41 Å². The minimum Gasteiger partial charge on any atom is -0.406 e. The molecule has 0 aliphatic carbocycles. The highest BCUT2D eigenvalue weighted by atomic mass is 19.4. The predicted octanol–water partition coefficient (Wildman–Crippen LogP) is 3.96. The van der Waals surface area contributed by atoms with Gasteiger partial charge in [-0.1, -0.05) is 6.92 Å². The quantitative estimate of drug-likeness (QED) is 0.793. The number of anilines is 1. The number of likely N-dealkylation sites (tertiary alicyclic amines) is 1. The van der Waals surface area contributed by atoms with Crippen LogP contribution in [-0.2, 0) is 4.79 Å². The maximum Gasteiger partial charge on any atom is 0.573 e. The molecule has 1 atom stereocenters. The lowest BCUT2D eigenvalue weighted by Crippen LogP contribution is -2.46. The Kier molecular flexibility index (Phi) is 6.03. The van der Waals surface area contributed by atoms with E-state index in [-0.39, 0.29) is 23.5 Å². The number of ether oxygens (including phenoxy) is 1. The van der Waals surface area contributed by atoms with Crippen LogP contribution in [0.5, 0.6) is 5.75 Å². The van der Waals surface area contributed by atoms with Crippen molar-refractivity contribution in [1.82, 2.24) is 4.90 Å². The zero-order valence-electron chi connectivity index (χ0n) is 17.0. The fourth-order valence-electron chi connectivity index (χ4n) is 4.22. The van der Waals surface area contributed by atoms with Crippen molar-refractivity contribution in [2.45, 2.75) is 57.9 Å². The van der Waals surface area contributed by atoms with E-state index in [1.54, 1.807) is 19.1 Å². The van der Waals surface area contributed by atoms with Gasteiger partial charge in [-0.05, 0) is 62.3 Å². The second-order valence-electron chi connectivity index (χ2n) is 8.62. The molecule has 2 aliphatic rings. The number of piperidine rings is 1. The monoisotopic (exact) mass is 414 g/mol. The number of halogens is 3. The first kappa shape index (κ1) is 21.7. The van der Waals surface area contributed by atoms with Crippen molar-refractivity contribution in [3.8, 4) is 5.75 Å². The zero-order valence-corrected chi connectivity index (χ0v) is 17.0. The van der Waals surface area contributed by atoms with Crippen LogP contribution in [0.3, 0.4) is 0 Å². The summed E-state index contributed by atoms with van der Waals surface area (Å²) >= 11 is 0. The third-order valence-electron chi connectivity index (χ3n) is 6.34. The molecule has 0 bridgehead atoms. The molecule has 1 aromatic carbocycles. The summed E-state index contributed by atoms with van der Waals surface area (Å²) in [4.78, 5) is 16.5. The van der Waals surface area contributed by atoms with Gasteiger partial charge in [-0.2, -0.15) is 0 Å². The largest absolute Gasteiger partial charge is 0.573 e. The summed E-state index contributed by atoms with van der Waals surface area (Å²) in [5, 5.41) is 10.1.